The first-order chi connectivity index (χ1) is 12.1. The molecule has 1 aliphatic rings. The Balaban J connectivity index is 1.77. The van der Waals surface area contributed by atoms with Crippen molar-refractivity contribution in [2.24, 2.45) is 4.99 Å². The van der Waals surface area contributed by atoms with Crippen LogP contribution in [0.25, 0.3) is 0 Å². The van der Waals surface area contributed by atoms with Gasteiger partial charge in [-0.05, 0) is 51.1 Å². The molecule has 2 rings (SSSR count). The number of carbonyl (C=O) groups excluding carboxylic acids is 1. The number of carbonyl (C=O) groups is 1. The number of nitrogens with one attached hydrogen (secondary N) is 2. The third-order valence-electron chi connectivity index (χ3n) is 3.95. The van der Waals surface area contributed by atoms with Gasteiger partial charge in [-0.2, -0.15) is 0 Å². The SMILES string of the molecule is CCNC(=NCCC(=O)OC(C)C)NC1CCN(c2cccs2)CC1. The molecule has 1 fully saturated rings. The van der Waals surface area contributed by atoms with Crippen LogP contribution in [0.4, 0.5) is 5.00 Å². The van der Waals surface area contributed by atoms with E-state index in [-0.39, 0.29) is 12.1 Å². The van der Waals surface area contributed by atoms with Crippen molar-refractivity contribution in [1.82, 2.24) is 10.6 Å². The molecule has 0 unspecified atom stereocenters. The fourth-order valence-corrected chi connectivity index (χ4v) is 3.57. The molecule has 1 aromatic heterocycles. The van der Waals surface area contributed by atoms with Crippen LogP contribution in [0.5, 0.6) is 0 Å². The molecular weight excluding hydrogens is 336 g/mol. The predicted octanol–water partition coefficient (Wildman–Crippen LogP) is 2.61. The molecule has 1 aliphatic heterocycles. The quantitative estimate of drug-likeness (QED) is 0.441. The summed E-state index contributed by atoms with van der Waals surface area (Å²) in [7, 11) is 0. The van der Waals surface area contributed by atoms with Gasteiger partial charge in [0.05, 0.1) is 24.1 Å². The summed E-state index contributed by atoms with van der Waals surface area (Å²) >= 11 is 1.80. The van der Waals surface area contributed by atoms with Crippen molar-refractivity contribution in [3.63, 3.8) is 0 Å². The van der Waals surface area contributed by atoms with Gasteiger partial charge in [0.1, 0.15) is 0 Å². The second-order valence-corrected chi connectivity index (χ2v) is 7.33. The van der Waals surface area contributed by atoms with Crippen LogP contribution >= 0.6 is 11.3 Å². The Morgan fingerprint density at radius 2 is 2.20 bits per heavy atom. The van der Waals surface area contributed by atoms with Crippen LogP contribution in [0.15, 0.2) is 22.5 Å². The Morgan fingerprint density at radius 1 is 1.44 bits per heavy atom. The summed E-state index contributed by atoms with van der Waals surface area (Å²) in [6, 6.07) is 4.70. The highest BCUT2D eigenvalue weighted by atomic mass is 32.1. The lowest BCUT2D eigenvalue weighted by Crippen LogP contribution is -2.48. The maximum atomic E-state index is 11.6. The van der Waals surface area contributed by atoms with Gasteiger partial charge in [0.15, 0.2) is 5.96 Å². The van der Waals surface area contributed by atoms with E-state index in [1.54, 1.807) is 11.3 Å². The minimum Gasteiger partial charge on any atom is -0.463 e. The van der Waals surface area contributed by atoms with Crippen LogP contribution in [0.2, 0.25) is 0 Å². The molecular formula is C18H30N4O2S. The Bertz CT molecular complexity index is 537. The van der Waals surface area contributed by atoms with E-state index >= 15 is 0 Å². The van der Waals surface area contributed by atoms with Gasteiger partial charge in [0.2, 0.25) is 0 Å². The Hall–Kier alpha value is -1.76. The molecule has 6 nitrogen and oxygen atoms in total. The lowest BCUT2D eigenvalue weighted by atomic mass is 10.1. The molecule has 0 bridgehead atoms. The zero-order chi connectivity index (χ0) is 18.1. The van der Waals surface area contributed by atoms with E-state index in [1.165, 1.54) is 5.00 Å². The van der Waals surface area contributed by atoms with E-state index in [2.05, 4.69) is 38.0 Å². The first-order valence-electron chi connectivity index (χ1n) is 9.11. The van der Waals surface area contributed by atoms with Gasteiger partial charge in [-0.3, -0.25) is 9.79 Å². The second-order valence-electron chi connectivity index (χ2n) is 6.41. The van der Waals surface area contributed by atoms with E-state index in [0.717, 1.165) is 38.4 Å². The number of hydrogen-bond acceptors (Lipinski definition) is 5. The molecule has 2 heterocycles. The summed E-state index contributed by atoms with van der Waals surface area (Å²) in [5.74, 6) is 0.591. The minimum atomic E-state index is -0.196. The minimum absolute atomic E-state index is 0.0728. The van der Waals surface area contributed by atoms with Gasteiger partial charge < -0.3 is 20.3 Å². The summed E-state index contributed by atoms with van der Waals surface area (Å²) in [6.07, 6.45) is 2.40. The Labute approximate surface area is 154 Å². The summed E-state index contributed by atoms with van der Waals surface area (Å²) in [5.41, 5.74) is 0. The highest BCUT2D eigenvalue weighted by molar-refractivity contribution is 7.14. The van der Waals surface area contributed by atoms with Gasteiger partial charge in [-0.1, -0.05) is 0 Å². The normalized spacial score (nSPS) is 16.2. The highest BCUT2D eigenvalue weighted by Gasteiger charge is 2.20. The topological polar surface area (TPSA) is 66.0 Å². The first kappa shape index (κ1) is 19.6. The monoisotopic (exact) mass is 366 g/mol. The summed E-state index contributed by atoms with van der Waals surface area (Å²) < 4.78 is 5.14. The number of guanidine groups is 1. The molecule has 0 spiro atoms. The standard InChI is InChI=1S/C18H30N4O2S/c1-4-19-18(20-10-7-17(23)24-14(2)3)21-15-8-11-22(12-9-15)16-6-5-13-25-16/h5-6,13-15H,4,7-12H2,1-3H3,(H2,19,20,21). The number of aliphatic imine (C=N–C) groups is 1. The lowest BCUT2D eigenvalue weighted by molar-refractivity contribution is -0.147. The fraction of sp³-hybridized carbons (Fsp3) is 0.667. The third-order valence-corrected chi connectivity index (χ3v) is 4.88. The van der Waals surface area contributed by atoms with E-state index in [1.807, 2.05) is 20.8 Å². The molecule has 0 radical (unpaired) electrons. The van der Waals surface area contributed by atoms with Crippen molar-refractivity contribution in [2.75, 3.05) is 31.1 Å². The summed E-state index contributed by atoms with van der Waals surface area (Å²) in [6.45, 7) is 9.11. The molecule has 0 amide bonds. The lowest BCUT2D eigenvalue weighted by Gasteiger charge is -2.33. The van der Waals surface area contributed by atoms with Crippen molar-refractivity contribution in [3.8, 4) is 0 Å². The number of hydrogen-bond donors (Lipinski definition) is 2. The van der Waals surface area contributed by atoms with Crippen molar-refractivity contribution < 1.29 is 9.53 Å². The van der Waals surface area contributed by atoms with E-state index in [0.29, 0.717) is 19.0 Å². The van der Waals surface area contributed by atoms with E-state index in [4.69, 9.17) is 4.74 Å². The van der Waals surface area contributed by atoms with Crippen LogP contribution < -0.4 is 15.5 Å². The van der Waals surface area contributed by atoms with Gasteiger partial charge in [-0.15, -0.1) is 11.3 Å². The molecule has 2 N–H and O–H groups in total. The zero-order valence-corrected chi connectivity index (χ0v) is 16.3. The third kappa shape index (κ3) is 6.94. The Morgan fingerprint density at radius 3 is 2.80 bits per heavy atom. The van der Waals surface area contributed by atoms with Crippen LogP contribution in [0.3, 0.4) is 0 Å². The molecule has 0 atom stereocenters. The number of thiophene rings is 1. The molecule has 25 heavy (non-hydrogen) atoms. The van der Waals surface area contributed by atoms with Crippen LogP contribution in [-0.4, -0.2) is 50.3 Å². The smallest absolute Gasteiger partial charge is 0.307 e. The van der Waals surface area contributed by atoms with E-state index in [9.17, 15) is 4.79 Å². The highest BCUT2D eigenvalue weighted by Crippen LogP contribution is 2.24. The average Bonchev–Trinajstić information content (AvgIpc) is 3.09. The van der Waals surface area contributed by atoms with Crippen molar-refractivity contribution in [2.45, 2.75) is 52.2 Å². The summed E-state index contributed by atoms with van der Waals surface area (Å²) in [4.78, 5) is 18.5. The molecule has 7 heteroatoms. The molecule has 140 valence electrons. The molecule has 0 saturated carbocycles. The summed E-state index contributed by atoms with van der Waals surface area (Å²) in [5, 5.41) is 10.2. The molecule has 0 aliphatic carbocycles. The molecule has 1 aromatic rings. The van der Waals surface area contributed by atoms with E-state index < -0.39 is 0 Å². The van der Waals surface area contributed by atoms with Crippen LogP contribution in [-0.2, 0) is 9.53 Å². The first-order valence-corrected chi connectivity index (χ1v) is 9.99. The maximum Gasteiger partial charge on any atom is 0.307 e. The van der Waals surface area contributed by atoms with Gasteiger partial charge in [0, 0.05) is 25.7 Å². The number of piperidine rings is 1. The zero-order valence-electron chi connectivity index (χ0n) is 15.5. The number of nitrogens with zero attached hydrogens (tertiary/aromatic N) is 2. The van der Waals surface area contributed by atoms with Gasteiger partial charge >= 0.3 is 5.97 Å². The van der Waals surface area contributed by atoms with Crippen LogP contribution in [0, 0.1) is 0 Å². The Kier molecular flexibility index (Phi) is 8.04. The predicted molar refractivity (Wildman–Crippen MR) is 105 cm³/mol. The molecule has 1 saturated heterocycles. The van der Waals surface area contributed by atoms with Crippen LogP contribution in [0.1, 0.15) is 40.0 Å². The molecule has 0 aromatic carbocycles. The fourth-order valence-electron chi connectivity index (χ4n) is 2.79. The van der Waals surface area contributed by atoms with Gasteiger partial charge in [0.25, 0.3) is 0 Å². The second kappa shape index (κ2) is 10.3. The van der Waals surface area contributed by atoms with Gasteiger partial charge in [-0.25, -0.2) is 0 Å². The van der Waals surface area contributed by atoms with Crippen molar-refractivity contribution >= 4 is 28.3 Å². The number of esters is 1. The number of ether oxygens (including phenoxy) is 1. The number of anilines is 1. The maximum absolute atomic E-state index is 11.6. The largest absolute Gasteiger partial charge is 0.463 e. The number of rotatable bonds is 7. The average molecular weight is 367 g/mol. The van der Waals surface area contributed by atoms with Crippen molar-refractivity contribution in [1.29, 1.82) is 0 Å². The van der Waals surface area contributed by atoms with Crippen molar-refractivity contribution in [3.05, 3.63) is 17.5 Å².